The molecule has 0 bridgehead atoms. The number of ether oxygens (including phenoxy) is 2. The van der Waals surface area contributed by atoms with E-state index in [0.29, 0.717) is 29.3 Å². The van der Waals surface area contributed by atoms with Crippen LogP contribution in [0.4, 0.5) is 10.2 Å². The molecule has 1 amide bonds. The topological polar surface area (TPSA) is 159 Å². The van der Waals surface area contributed by atoms with Gasteiger partial charge in [0.05, 0.1) is 19.0 Å². The Balaban J connectivity index is 1.53. The molecule has 0 radical (unpaired) electrons. The number of para-hydroxylation sites is 1. The number of amides is 1. The van der Waals surface area contributed by atoms with Crippen molar-refractivity contribution in [3.05, 3.63) is 70.8 Å². The van der Waals surface area contributed by atoms with Crippen LogP contribution in [0.5, 0.6) is 11.5 Å². The van der Waals surface area contributed by atoms with Gasteiger partial charge in [-0.05, 0) is 54.2 Å². The minimum absolute atomic E-state index is 0.000997. The Hall–Kier alpha value is -4.85. The van der Waals surface area contributed by atoms with Gasteiger partial charge in [0.15, 0.2) is 17.2 Å². The van der Waals surface area contributed by atoms with E-state index in [1.54, 1.807) is 30.3 Å². The van der Waals surface area contributed by atoms with Crippen LogP contribution in [0.2, 0.25) is 0 Å². The normalized spacial score (nSPS) is 11.3. The number of rotatable bonds is 10. The first-order chi connectivity index (χ1) is 17.9. The summed E-state index contributed by atoms with van der Waals surface area (Å²) in [6, 6.07) is 11.2. The summed E-state index contributed by atoms with van der Waals surface area (Å²) >= 11 is 0. The number of nitrogens with one attached hydrogen (secondary N) is 1. The van der Waals surface area contributed by atoms with Crippen LogP contribution >= 0.6 is 0 Å². The molecule has 0 spiro atoms. The molecule has 14 heteroatoms. The molecule has 0 aliphatic rings. The van der Waals surface area contributed by atoms with Gasteiger partial charge in [0.25, 0.3) is 5.91 Å². The van der Waals surface area contributed by atoms with Crippen LogP contribution in [-0.2, 0) is 13.2 Å². The second kappa shape index (κ2) is 11.3. The lowest BCUT2D eigenvalue weighted by atomic mass is 10.2. The van der Waals surface area contributed by atoms with Crippen molar-refractivity contribution in [2.45, 2.75) is 13.2 Å². The van der Waals surface area contributed by atoms with Crippen molar-refractivity contribution in [1.82, 2.24) is 35.6 Å². The molecule has 37 heavy (non-hydrogen) atoms. The zero-order valence-electron chi connectivity index (χ0n) is 20.3. The summed E-state index contributed by atoms with van der Waals surface area (Å²) in [7, 11) is 5.14. The molecule has 2 aromatic carbocycles. The quantitative estimate of drug-likeness (QED) is 0.238. The molecule has 0 fully saturated rings. The number of hydrogen-bond acceptors (Lipinski definition) is 11. The number of hydrogen-bond donors (Lipinski definition) is 2. The van der Waals surface area contributed by atoms with Crippen LogP contribution in [0.1, 0.15) is 27.3 Å². The van der Waals surface area contributed by atoms with E-state index in [-0.39, 0.29) is 29.8 Å². The van der Waals surface area contributed by atoms with E-state index in [0.717, 1.165) is 5.56 Å². The summed E-state index contributed by atoms with van der Waals surface area (Å²) in [5, 5.41) is 19.3. The van der Waals surface area contributed by atoms with Gasteiger partial charge in [-0.3, -0.25) is 4.79 Å². The van der Waals surface area contributed by atoms with Crippen LogP contribution in [0.25, 0.3) is 5.82 Å². The van der Waals surface area contributed by atoms with Crippen molar-refractivity contribution in [2.24, 2.45) is 5.10 Å². The van der Waals surface area contributed by atoms with Crippen molar-refractivity contribution < 1.29 is 23.3 Å². The van der Waals surface area contributed by atoms with Crippen LogP contribution in [-0.4, -0.2) is 63.5 Å². The number of methoxy groups -OCH3 is 1. The number of nitrogens with zero attached hydrogens (tertiary/aromatic N) is 7. The fourth-order valence-corrected chi connectivity index (χ4v) is 3.33. The molecule has 4 rings (SSSR count). The summed E-state index contributed by atoms with van der Waals surface area (Å²) in [5.41, 5.74) is 9.96. The predicted molar refractivity (Wildman–Crippen MR) is 130 cm³/mol. The van der Waals surface area contributed by atoms with Crippen molar-refractivity contribution in [3.8, 4) is 17.3 Å². The van der Waals surface area contributed by atoms with Crippen molar-refractivity contribution >= 4 is 17.9 Å². The van der Waals surface area contributed by atoms with E-state index >= 15 is 0 Å². The van der Waals surface area contributed by atoms with Crippen LogP contribution in [0, 0.1) is 5.82 Å². The standard InChI is InChI=1S/C23H24FN9O4/c1-32(2)12-17-19(27-31-33(17)22-21(25)29-37-30-22)23(34)28-26-11-15-5-4-6-18(35-3)20(15)36-13-14-7-9-16(24)10-8-14/h4-11H,12-13H2,1-3H3,(H2,25,29)(H,28,34)/b26-11+. The number of anilines is 1. The van der Waals surface area contributed by atoms with Gasteiger partial charge in [-0.1, -0.05) is 23.4 Å². The average Bonchev–Trinajstić information content (AvgIpc) is 3.49. The zero-order valence-corrected chi connectivity index (χ0v) is 20.3. The summed E-state index contributed by atoms with van der Waals surface area (Å²) < 4.78 is 30.5. The number of halogens is 1. The highest BCUT2D eigenvalue weighted by Gasteiger charge is 2.24. The Bertz CT molecular complexity index is 1400. The maximum atomic E-state index is 13.2. The second-order valence-electron chi connectivity index (χ2n) is 8.00. The molecule has 192 valence electrons. The van der Waals surface area contributed by atoms with Gasteiger partial charge in [-0.25, -0.2) is 14.4 Å². The van der Waals surface area contributed by atoms with Gasteiger partial charge in [-0.15, -0.1) is 5.10 Å². The molecular formula is C23H24FN9O4. The lowest BCUT2D eigenvalue weighted by Crippen LogP contribution is -2.23. The highest BCUT2D eigenvalue weighted by molar-refractivity contribution is 5.94. The van der Waals surface area contributed by atoms with Crippen molar-refractivity contribution in [1.29, 1.82) is 0 Å². The third-order valence-electron chi connectivity index (χ3n) is 5.04. The highest BCUT2D eigenvalue weighted by atomic mass is 19.1. The van der Waals surface area contributed by atoms with E-state index < -0.39 is 5.91 Å². The van der Waals surface area contributed by atoms with Crippen molar-refractivity contribution in [3.63, 3.8) is 0 Å². The zero-order chi connectivity index (χ0) is 26.4. The predicted octanol–water partition coefficient (Wildman–Crippen LogP) is 1.78. The van der Waals surface area contributed by atoms with Gasteiger partial charge < -0.3 is 20.1 Å². The Morgan fingerprint density at radius 3 is 2.70 bits per heavy atom. The summed E-state index contributed by atoms with van der Waals surface area (Å²) in [6.07, 6.45) is 1.41. The van der Waals surface area contributed by atoms with E-state index in [1.807, 2.05) is 19.0 Å². The fraction of sp³-hybridized carbons (Fsp3) is 0.217. The van der Waals surface area contributed by atoms with Gasteiger partial charge in [0.1, 0.15) is 12.4 Å². The first-order valence-corrected chi connectivity index (χ1v) is 10.9. The minimum atomic E-state index is -0.606. The van der Waals surface area contributed by atoms with Crippen LogP contribution < -0.4 is 20.6 Å². The maximum Gasteiger partial charge on any atom is 0.293 e. The fourth-order valence-electron chi connectivity index (χ4n) is 3.33. The third-order valence-corrected chi connectivity index (χ3v) is 5.04. The lowest BCUT2D eigenvalue weighted by molar-refractivity contribution is 0.0948. The first kappa shape index (κ1) is 25.2. The third kappa shape index (κ3) is 5.87. The molecule has 0 unspecified atom stereocenters. The largest absolute Gasteiger partial charge is 0.493 e. The highest BCUT2D eigenvalue weighted by Crippen LogP contribution is 2.31. The molecule has 3 N–H and O–H groups in total. The number of carbonyl (C=O) groups is 1. The molecule has 0 saturated carbocycles. The molecule has 2 heterocycles. The van der Waals surface area contributed by atoms with E-state index in [1.165, 1.54) is 30.1 Å². The first-order valence-electron chi connectivity index (χ1n) is 10.9. The summed E-state index contributed by atoms with van der Waals surface area (Å²) in [4.78, 5) is 14.7. The Morgan fingerprint density at radius 1 is 1.24 bits per heavy atom. The molecule has 0 saturated heterocycles. The van der Waals surface area contributed by atoms with E-state index in [2.05, 4.69) is 35.8 Å². The number of benzene rings is 2. The molecule has 13 nitrogen and oxygen atoms in total. The van der Waals surface area contributed by atoms with Crippen molar-refractivity contribution in [2.75, 3.05) is 26.9 Å². The van der Waals surface area contributed by atoms with Crippen LogP contribution in [0.15, 0.2) is 52.2 Å². The monoisotopic (exact) mass is 509 g/mol. The number of hydrazone groups is 1. The number of aromatic nitrogens is 5. The summed E-state index contributed by atoms with van der Waals surface area (Å²) in [5.74, 6) is 0.0471. The molecule has 0 aliphatic heterocycles. The SMILES string of the molecule is COc1cccc(/C=N/NC(=O)c2nnn(-c3nonc3N)c2CN(C)C)c1OCc1ccc(F)cc1. The van der Waals surface area contributed by atoms with Gasteiger partial charge in [0.2, 0.25) is 11.6 Å². The lowest BCUT2D eigenvalue weighted by Gasteiger charge is -2.13. The molecule has 0 aliphatic carbocycles. The van der Waals surface area contributed by atoms with E-state index in [9.17, 15) is 9.18 Å². The van der Waals surface area contributed by atoms with Gasteiger partial charge in [0, 0.05) is 12.1 Å². The molecule has 2 aromatic heterocycles. The van der Waals surface area contributed by atoms with E-state index in [4.69, 9.17) is 15.2 Å². The minimum Gasteiger partial charge on any atom is -0.493 e. The average molecular weight is 510 g/mol. The van der Waals surface area contributed by atoms with Crippen LogP contribution in [0.3, 0.4) is 0 Å². The number of carbonyl (C=O) groups excluding carboxylic acids is 1. The number of nitrogen functional groups attached to an aromatic ring is 1. The molecule has 4 aromatic rings. The molecule has 0 atom stereocenters. The Morgan fingerprint density at radius 2 is 2.03 bits per heavy atom. The van der Waals surface area contributed by atoms with Gasteiger partial charge in [-0.2, -0.15) is 9.78 Å². The smallest absolute Gasteiger partial charge is 0.293 e. The maximum absolute atomic E-state index is 13.2. The Labute approximate surface area is 210 Å². The van der Waals surface area contributed by atoms with Gasteiger partial charge >= 0.3 is 0 Å². The number of nitrogens with two attached hydrogens (primary N) is 1. The molecular weight excluding hydrogens is 485 g/mol. The second-order valence-corrected chi connectivity index (χ2v) is 8.00. The summed E-state index contributed by atoms with van der Waals surface area (Å²) in [6.45, 7) is 0.466. The Kier molecular flexibility index (Phi) is 7.68.